The second kappa shape index (κ2) is 5.59. The van der Waals surface area contributed by atoms with Gasteiger partial charge in [0.25, 0.3) is 0 Å². The summed E-state index contributed by atoms with van der Waals surface area (Å²) in [6.07, 6.45) is 3.67. The molecule has 1 saturated heterocycles. The summed E-state index contributed by atoms with van der Waals surface area (Å²) in [5.74, 6) is 0.322. The number of aromatic nitrogens is 1. The first kappa shape index (κ1) is 13.8. The maximum atomic E-state index is 12.1. The highest BCUT2D eigenvalue weighted by Gasteiger charge is 2.28. The molecular weight excluding hydrogens is 240 g/mol. The SMILES string of the molecule is CC(C)(C)OC(=O)N1CCC[C@H](c2ccccn2)C1. The van der Waals surface area contributed by atoms with Crippen LogP contribution in [0.5, 0.6) is 0 Å². The topological polar surface area (TPSA) is 42.4 Å². The molecule has 0 radical (unpaired) electrons. The highest BCUT2D eigenvalue weighted by molar-refractivity contribution is 5.68. The predicted octanol–water partition coefficient (Wildman–Crippen LogP) is 3.20. The lowest BCUT2D eigenvalue weighted by Crippen LogP contribution is -2.42. The molecule has 0 aromatic carbocycles. The smallest absolute Gasteiger partial charge is 0.410 e. The largest absolute Gasteiger partial charge is 0.444 e. The molecular formula is C15H22N2O2. The van der Waals surface area contributed by atoms with E-state index in [-0.39, 0.29) is 6.09 Å². The van der Waals surface area contributed by atoms with Gasteiger partial charge >= 0.3 is 6.09 Å². The third kappa shape index (κ3) is 3.94. The van der Waals surface area contributed by atoms with Gasteiger partial charge in [-0.2, -0.15) is 0 Å². The molecule has 1 fully saturated rings. The van der Waals surface area contributed by atoms with E-state index < -0.39 is 5.60 Å². The van der Waals surface area contributed by atoms with Crippen LogP contribution in [0.25, 0.3) is 0 Å². The molecule has 2 heterocycles. The minimum atomic E-state index is -0.435. The Hall–Kier alpha value is -1.58. The van der Waals surface area contributed by atoms with Gasteiger partial charge in [0.15, 0.2) is 0 Å². The standard InChI is InChI=1S/C15H22N2O2/c1-15(2,3)19-14(18)17-10-6-7-12(11-17)13-8-4-5-9-16-13/h4-5,8-9,12H,6-7,10-11H2,1-3H3/t12-/m0/s1. The van der Waals surface area contributed by atoms with Gasteiger partial charge < -0.3 is 9.64 Å². The van der Waals surface area contributed by atoms with Crippen LogP contribution in [0.15, 0.2) is 24.4 Å². The lowest BCUT2D eigenvalue weighted by atomic mass is 9.94. The second-order valence-electron chi connectivity index (χ2n) is 6.02. The van der Waals surface area contributed by atoms with E-state index >= 15 is 0 Å². The monoisotopic (exact) mass is 262 g/mol. The number of nitrogens with zero attached hydrogens (tertiary/aromatic N) is 2. The van der Waals surface area contributed by atoms with Crippen LogP contribution in [-0.4, -0.2) is 34.7 Å². The lowest BCUT2D eigenvalue weighted by Gasteiger charge is -2.33. The average molecular weight is 262 g/mol. The molecule has 0 aliphatic carbocycles. The number of hydrogen-bond donors (Lipinski definition) is 0. The second-order valence-corrected chi connectivity index (χ2v) is 6.02. The zero-order chi connectivity index (χ0) is 13.9. The van der Waals surface area contributed by atoms with Crippen molar-refractivity contribution in [2.24, 2.45) is 0 Å². The third-order valence-corrected chi connectivity index (χ3v) is 3.18. The Morgan fingerprint density at radius 3 is 2.84 bits per heavy atom. The van der Waals surface area contributed by atoms with E-state index in [1.54, 1.807) is 4.90 Å². The van der Waals surface area contributed by atoms with Crippen molar-refractivity contribution in [1.29, 1.82) is 0 Å². The van der Waals surface area contributed by atoms with Crippen molar-refractivity contribution in [2.75, 3.05) is 13.1 Å². The van der Waals surface area contributed by atoms with Crippen molar-refractivity contribution >= 4 is 6.09 Å². The highest BCUT2D eigenvalue weighted by atomic mass is 16.6. The number of amides is 1. The van der Waals surface area contributed by atoms with Crippen molar-refractivity contribution in [3.63, 3.8) is 0 Å². The van der Waals surface area contributed by atoms with Crippen LogP contribution in [0, 0.1) is 0 Å². The molecule has 0 saturated carbocycles. The molecule has 4 heteroatoms. The van der Waals surface area contributed by atoms with Gasteiger partial charge in [0.05, 0.1) is 0 Å². The lowest BCUT2D eigenvalue weighted by molar-refractivity contribution is 0.0197. The summed E-state index contributed by atoms with van der Waals surface area (Å²) in [4.78, 5) is 18.3. The summed E-state index contributed by atoms with van der Waals surface area (Å²) in [7, 11) is 0. The van der Waals surface area contributed by atoms with E-state index in [0.29, 0.717) is 12.5 Å². The van der Waals surface area contributed by atoms with E-state index in [2.05, 4.69) is 4.98 Å². The van der Waals surface area contributed by atoms with Crippen molar-refractivity contribution in [3.05, 3.63) is 30.1 Å². The van der Waals surface area contributed by atoms with E-state index in [4.69, 9.17) is 4.74 Å². The van der Waals surface area contributed by atoms with Gasteiger partial charge in [0.2, 0.25) is 0 Å². The molecule has 4 nitrogen and oxygen atoms in total. The van der Waals surface area contributed by atoms with Gasteiger partial charge in [0.1, 0.15) is 5.60 Å². The number of rotatable bonds is 1. The maximum Gasteiger partial charge on any atom is 0.410 e. The van der Waals surface area contributed by atoms with E-state index in [9.17, 15) is 4.79 Å². The molecule has 1 aromatic rings. The molecule has 104 valence electrons. The van der Waals surface area contributed by atoms with E-state index in [0.717, 1.165) is 25.1 Å². The Morgan fingerprint density at radius 2 is 2.21 bits per heavy atom. The fourth-order valence-corrected chi connectivity index (χ4v) is 2.33. The fraction of sp³-hybridized carbons (Fsp3) is 0.600. The van der Waals surface area contributed by atoms with Crippen LogP contribution >= 0.6 is 0 Å². The van der Waals surface area contributed by atoms with Crippen LogP contribution < -0.4 is 0 Å². The minimum Gasteiger partial charge on any atom is -0.444 e. The molecule has 1 aromatic heterocycles. The number of pyridine rings is 1. The van der Waals surface area contributed by atoms with Crippen molar-refractivity contribution in [1.82, 2.24) is 9.88 Å². The van der Waals surface area contributed by atoms with Gasteiger partial charge in [-0.25, -0.2) is 4.79 Å². The molecule has 0 spiro atoms. The zero-order valence-corrected chi connectivity index (χ0v) is 11.9. The van der Waals surface area contributed by atoms with Crippen LogP contribution in [0.1, 0.15) is 45.2 Å². The Morgan fingerprint density at radius 1 is 1.42 bits per heavy atom. The number of ether oxygens (including phenoxy) is 1. The van der Waals surface area contributed by atoms with Gasteiger partial charge in [-0.1, -0.05) is 6.07 Å². The average Bonchev–Trinajstić information content (AvgIpc) is 2.38. The molecule has 1 amide bonds. The van der Waals surface area contributed by atoms with Gasteiger partial charge in [-0.15, -0.1) is 0 Å². The van der Waals surface area contributed by atoms with Gasteiger partial charge in [-0.05, 0) is 45.7 Å². The zero-order valence-electron chi connectivity index (χ0n) is 11.9. The molecule has 0 N–H and O–H groups in total. The molecule has 0 unspecified atom stereocenters. The molecule has 0 bridgehead atoms. The number of hydrogen-bond acceptors (Lipinski definition) is 3. The van der Waals surface area contributed by atoms with Crippen molar-refractivity contribution in [2.45, 2.75) is 45.1 Å². The Kier molecular flexibility index (Phi) is 4.08. The molecule has 1 aliphatic heterocycles. The van der Waals surface area contributed by atoms with Crippen molar-refractivity contribution in [3.8, 4) is 0 Å². The summed E-state index contributed by atoms with van der Waals surface area (Å²) in [6, 6.07) is 5.94. The minimum absolute atomic E-state index is 0.215. The normalized spacial score (nSPS) is 20.2. The Labute approximate surface area is 114 Å². The summed E-state index contributed by atoms with van der Waals surface area (Å²) < 4.78 is 5.43. The summed E-state index contributed by atoms with van der Waals surface area (Å²) >= 11 is 0. The maximum absolute atomic E-state index is 12.1. The molecule has 1 aliphatic rings. The summed E-state index contributed by atoms with van der Waals surface area (Å²) in [6.45, 7) is 7.16. The number of carbonyl (C=O) groups excluding carboxylic acids is 1. The first-order valence-corrected chi connectivity index (χ1v) is 6.84. The number of carbonyl (C=O) groups is 1. The molecule has 2 rings (SSSR count). The van der Waals surface area contributed by atoms with Crippen LogP contribution in [0.2, 0.25) is 0 Å². The van der Waals surface area contributed by atoms with Crippen LogP contribution in [-0.2, 0) is 4.74 Å². The molecule has 19 heavy (non-hydrogen) atoms. The quantitative estimate of drug-likeness (QED) is 0.780. The molecule has 1 atom stereocenters. The number of likely N-dealkylation sites (tertiary alicyclic amines) is 1. The third-order valence-electron chi connectivity index (χ3n) is 3.18. The van der Waals surface area contributed by atoms with Gasteiger partial charge in [0, 0.05) is 30.9 Å². The first-order valence-electron chi connectivity index (χ1n) is 6.84. The van der Waals surface area contributed by atoms with E-state index in [1.807, 2.05) is 45.2 Å². The summed E-state index contributed by atoms with van der Waals surface area (Å²) in [5, 5.41) is 0. The Bertz CT molecular complexity index is 426. The van der Waals surface area contributed by atoms with Gasteiger partial charge in [-0.3, -0.25) is 4.98 Å². The first-order chi connectivity index (χ1) is 8.96. The predicted molar refractivity (Wildman–Crippen MR) is 74.0 cm³/mol. The van der Waals surface area contributed by atoms with Crippen LogP contribution in [0.3, 0.4) is 0 Å². The fourth-order valence-electron chi connectivity index (χ4n) is 2.33. The number of piperidine rings is 1. The van der Waals surface area contributed by atoms with Crippen LogP contribution in [0.4, 0.5) is 4.79 Å². The highest BCUT2D eigenvalue weighted by Crippen LogP contribution is 2.26. The Balaban J connectivity index is 2.00. The summed E-state index contributed by atoms with van der Waals surface area (Å²) in [5.41, 5.74) is 0.630. The van der Waals surface area contributed by atoms with E-state index in [1.165, 1.54) is 0 Å². The van der Waals surface area contributed by atoms with Crippen molar-refractivity contribution < 1.29 is 9.53 Å².